The van der Waals surface area contributed by atoms with E-state index < -0.39 is 0 Å². The second-order valence-electron chi connectivity index (χ2n) is 4.52. The highest BCUT2D eigenvalue weighted by Crippen LogP contribution is 2.25. The van der Waals surface area contributed by atoms with Gasteiger partial charge in [0.1, 0.15) is 10.4 Å². The Bertz CT molecular complexity index is 740. The van der Waals surface area contributed by atoms with Crippen LogP contribution in [0, 0.1) is 0 Å². The smallest absolute Gasteiger partial charge is 0.264 e. The summed E-state index contributed by atoms with van der Waals surface area (Å²) in [6, 6.07) is 7.89. The number of aromatic nitrogens is 3. The number of hydrogen-bond donors (Lipinski definition) is 0. The highest BCUT2D eigenvalue weighted by atomic mass is 79.9. The lowest BCUT2D eigenvalue weighted by atomic mass is 10.1. The summed E-state index contributed by atoms with van der Waals surface area (Å²) >= 11 is 3.37. The molecule has 3 rings (SSSR count). The molecule has 1 aromatic carbocycles. The van der Waals surface area contributed by atoms with E-state index in [1.54, 1.807) is 13.3 Å². The normalized spacial score (nSPS) is 11.0. The zero-order valence-corrected chi connectivity index (χ0v) is 13.1. The topological polar surface area (TPSA) is 48.7 Å². The molecule has 0 aliphatic heterocycles. The van der Waals surface area contributed by atoms with E-state index in [1.165, 1.54) is 5.56 Å². The molecule has 3 aromatic rings. The monoisotopic (exact) mass is 347 g/mol. The van der Waals surface area contributed by atoms with E-state index in [0.717, 1.165) is 12.2 Å². The minimum atomic E-state index is 0.471. The molecule has 21 heavy (non-hydrogen) atoms. The molecule has 5 nitrogen and oxygen atoms in total. The van der Waals surface area contributed by atoms with Crippen molar-refractivity contribution in [2.45, 2.75) is 6.42 Å². The predicted octanol–water partition coefficient (Wildman–Crippen LogP) is 3.47. The van der Waals surface area contributed by atoms with E-state index in [4.69, 9.17) is 9.47 Å². The molecule has 0 aliphatic carbocycles. The summed E-state index contributed by atoms with van der Waals surface area (Å²) in [6.45, 7) is 0.710. The van der Waals surface area contributed by atoms with Gasteiger partial charge < -0.3 is 9.47 Å². The third-order valence-corrected chi connectivity index (χ3v) is 3.43. The molecular formula is C15H14BrN3O2. The zero-order valence-electron chi connectivity index (χ0n) is 11.5. The Hall–Kier alpha value is -1.92. The molecule has 2 aromatic heterocycles. The highest BCUT2D eigenvalue weighted by Gasteiger charge is 2.09. The fourth-order valence-electron chi connectivity index (χ4n) is 2.00. The van der Waals surface area contributed by atoms with Crippen molar-refractivity contribution in [1.29, 1.82) is 0 Å². The van der Waals surface area contributed by atoms with Crippen LogP contribution in [0.15, 0.2) is 47.5 Å². The molecule has 0 fully saturated rings. The quantitative estimate of drug-likeness (QED) is 0.708. The van der Waals surface area contributed by atoms with Gasteiger partial charge in [-0.1, -0.05) is 12.1 Å². The van der Waals surface area contributed by atoms with Crippen LogP contribution in [-0.2, 0) is 11.2 Å². The minimum Gasteiger partial charge on any atom is -0.436 e. The van der Waals surface area contributed by atoms with E-state index >= 15 is 0 Å². The van der Waals surface area contributed by atoms with E-state index in [1.807, 2.05) is 41.1 Å². The van der Waals surface area contributed by atoms with Crippen molar-refractivity contribution in [1.82, 2.24) is 14.4 Å². The maximum absolute atomic E-state index is 5.83. The van der Waals surface area contributed by atoms with Crippen molar-refractivity contribution in [2.75, 3.05) is 13.7 Å². The summed E-state index contributed by atoms with van der Waals surface area (Å²) in [7, 11) is 1.70. The van der Waals surface area contributed by atoms with Gasteiger partial charge in [-0.25, -0.2) is 9.97 Å². The van der Waals surface area contributed by atoms with Crippen molar-refractivity contribution >= 4 is 21.6 Å². The molecule has 0 atom stereocenters. The largest absolute Gasteiger partial charge is 0.436 e. The number of rotatable bonds is 5. The molecule has 108 valence electrons. The van der Waals surface area contributed by atoms with Gasteiger partial charge in [0, 0.05) is 25.7 Å². The lowest BCUT2D eigenvalue weighted by Crippen LogP contribution is -1.96. The van der Waals surface area contributed by atoms with Crippen molar-refractivity contribution in [3.63, 3.8) is 0 Å². The third kappa shape index (κ3) is 3.22. The van der Waals surface area contributed by atoms with E-state index in [2.05, 4.69) is 25.9 Å². The fourth-order valence-corrected chi connectivity index (χ4v) is 2.38. The van der Waals surface area contributed by atoms with Gasteiger partial charge in [-0.3, -0.25) is 4.40 Å². The predicted molar refractivity (Wildman–Crippen MR) is 82.8 cm³/mol. The Morgan fingerprint density at radius 1 is 1.24 bits per heavy atom. The molecule has 0 N–H and O–H groups in total. The van der Waals surface area contributed by atoms with Crippen LogP contribution in [0.1, 0.15) is 5.56 Å². The fraction of sp³-hybridized carbons (Fsp3) is 0.200. The lowest BCUT2D eigenvalue weighted by molar-refractivity contribution is 0.202. The Kier molecular flexibility index (Phi) is 4.17. The summed E-state index contributed by atoms with van der Waals surface area (Å²) in [5.41, 5.74) is 1.89. The summed E-state index contributed by atoms with van der Waals surface area (Å²) in [5, 5.41) is 0. The van der Waals surface area contributed by atoms with Gasteiger partial charge in [0.15, 0.2) is 0 Å². The summed E-state index contributed by atoms with van der Waals surface area (Å²) in [5.74, 6) is 1.20. The summed E-state index contributed by atoms with van der Waals surface area (Å²) < 4.78 is 13.5. The number of methoxy groups -OCH3 is 1. The molecule has 0 aliphatic rings. The van der Waals surface area contributed by atoms with Crippen LogP contribution < -0.4 is 4.74 Å². The maximum atomic E-state index is 5.83. The third-order valence-electron chi connectivity index (χ3n) is 3.05. The standard InChI is InChI=1S/C15H14BrN3O2/c1-20-9-6-11-2-4-12(5-3-11)21-15-14-17-7-8-19(14)10-13(16)18-15/h2-5,7-8,10H,6,9H2,1H3. The zero-order chi connectivity index (χ0) is 14.7. The Labute approximate surface area is 130 Å². The molecule has 0 spiro atoms. The Morgan fingerprint density at radius 3 is 2.81 bits per heavy atom. The van der Waals surface area contributed by atoms with Gasteiger partial charge >= 0.3 is 0 Å². The van der Waals surface area contributed by atoms with Crippen molar-refractivity contribution in [2.24, 2.45) is 0 Å². The summed E-state index contributed by atoms with van der Waals surface area (Å²) in [6.07, 6.45) is 6.28. The maximum Gasteiger partial charge on any atom is 0.264 e. The molecule has 0 unspecified atom stereocenters. The molecule has 0 saturated heterocycles. The van der Waals surface area contributed by atoms with Gasteiger partial charge in [0.2, 0.25) is 5.65 Å². The number of benzene rings is 1. The second kappa shape index (κ2) is 6.24. The average molecular weight is 348 g/mol. The van der Waals surface area contributed by atoms with Gasteiger partial charge in [-0.15, -0.1) is 0 Å². The van der Waals surface area contributed by atoms with Crippen molar-refractivity contribution in [3.05, 3.63) is 53.0 Å². The van der Waals surface area contributed by atoms with Crippen molar-refractivity contribution < 1.29 is 9.47 Å². The van der Waals surface area contributed by atoms with Crippen molar-refractivity contribution in [3.8, 4) is 11.6 Å². The first-order chi connectivity index (χ1) is 10.3. The molecule has 2 heterocycles. The van der Waals surface area contributed by atoms with Crippen LogP contribution in [0.2, 0.25) is 0 Å². The number of hydrogen-bond acceptors (Lipinski definition) is 4. The molecule has 0 amide bonds. The van der Waals surface area contributed by atoms with Gasteiger partial charge in [0.05, 0.1) is 6.61 Å². The van der Waals surface area contributed by atoms with E-state index in [0.29, 0.717) is 22.7 Å². The number of ether oxygens (including phenoxy) is 2. The number of nitrogens with zero attached hydrogens (tertiary/aromatic N) is 3. The van der Waals surface area contributed by atoms with Crippen LogP contribution in [-0.4, -0.2) is 28.1 Å². The van der Waals surface area contributed by atoms with Crippen LogP contribution >= 0.6 is 15.9 Å². The number of imidazole rings is 1. The van der Waals surface area contributed by atoms with E-state index in [9.17, 15) is 0 Å². The molecule has 0 saturated carbocycles. The number of halogens is 1. The number of fused-ring (bicyclic) bond motifs is 1. The SMILES string of the molecule is COCCc1ccc(Oc2nc(Br)cn3ccnc23)cc1. The molecule has 0 radical (unpaired) electrons. The van der Waals surface area contributed by atoms with Crippen LogP contribution in [0.25, 0.3) is 5.65 Å². The Balaban J connectivity index is 1.83. The Morgan fingerprint density at radius 2 is 2.05 bits per heavy atom. The highest BCUT2D eigenvalue weighted by molar-refractivity contribution is 9.10. The molecule has 6 heteroatoms. The minimum absolute atomic E-state index is 0.471. The average Bonchev–Trinajstić information content (AvgIpc) is 2.95. The van der Waals surface area contributed by atoms with Crippen LogP contribution in [0.5, 0.6) is 11.6 Å². The first-order valence-electron chi connectivity index (χ1n) is 6.51. The molecular weight excluding hydrogens is 334 g/mol. The first kappa shape index (κ1) is 14.0. The second-order valence-corrected chi connectivity index (χ2v) is 5.33. The summed E-state index contributed by atoms with van der Waals surface area (Å²) in [4.78, 5) is 8.58. The van der Waals surface area contributed by atoms with Gasteiger partial charge in [-0.05, 0) is 40.0 Å². The first-order valence-corrected chi connectivity index (χ1v) is 7.30. The van der Waals surface area contributed by atoms with Gasteiger partial charge in [-0.2, -0.15) is 0 Å². The lowest BCUT2D eigenvalue weighted by Gasteiger charge is -2.07. The van der Waals surface area contributed by atoms with Crippen LogP contribution in [0.3, 0.4) is 0 Å². The van der Waals surface area contributed by atoms with E-state index in [-0.39, 0.29) is 0 Å². The molecule has 0 bridgehead atoms. The van der Waals surface area contributed by atoms with Crippen LogP contribution in [0.4, 0.5) is 0 Å². The van der Waals surface area contributed by atoms with Gasteiger partial charge in [0.25, 0.3) is 5.88 Å².